The van der Waals surface area contributed by atoms with Crippen molar-refractivity contribution in [2.24, 2.45) is 28.8 Å². The highest BCUT2D eigenvalue weighted by molar-refractivity contribution is 6.12. The van der Waals surface area contributed by atoms with E-state index >= 15 is 0 Å². The van der Waals surface area contributed by atoms with Gasteiger partial charge in [0, 0.05) is 59.7 Å². The number of nitrogens with two attached hydrogens (primary N) is 2. The minimum Gasteiger partial charge on any atom is -0.478 e. The Morgan fingerprint density at radius 2 is 1.49 bits per heavy atom. The lowest BCUT2D eigenvalue weighted by molar-refractivity contribution is -0.288. The second kappa shape index (κ2) is 13.1. The molecule has 0 aromatic carbocycles. The molecule has 1 fully saturated rings. The highest BCUT2D eigenvalue weighted by Gasteiger charge is 2.88. The molecule has 0 aromatic heterocycles. The van der Waals surface area contributed by atoms with Gasteiger partial charge in [-0.15, -0.1) is 0 Å². The molecule has 222 valence electrons. The number of nitrogens with zero attached hydrogens (tertiary/aromatic N) is 3. The molecule has 0 aromatic rings. The lowest BCUT2D eigenvalue weighted by Crippen LogP contribution is -3.00. The number of carboxylic acids is 1. The summed E-state index contributed by atoms with van der Waals surface area (Å²) in [7, 11) is 4.23. The molecule has 0 aliphatic carbocycles. The van der Waals surface area contributed by atoms with Gasteiger partial charge in [-0.3, -0.25) is 34.7 Å². The molecule has 1 heterocycles. The summed E-state index contributed by atoms with van der Waals surface area (Å²) in [5.74, 6) is 1.08. The number of carboxylic acid groups (broad SMARTS) is 1. The van der Waals surface area contributed by atoms with Gasteiger partial charge in [-0.05, 0) is 18.3 Å². The first-order valence-electron chi connectivity index (χ1n) is 13.6. The van der Waals surface area contributed by atoms with E-state index in [0.717, 1.165) is 0 Å². The zero-order chi connectivity index (χ0) is 30.5. The quantitative estimate of drug-likeness (QED) is 0.186. The van der Waals surface area contributed by atoms with Gasteiger partial charge in [0.05, 0.1) is 0 Å². The first kappa shape index (κ1) is 34.3. The van der Waals surface area contributed by atoms with Gasteiger partial charge in [-0.25, -0.2) is 9.80 Å². The number of Topliss-reactive ketones (excluding diaryl/α,β-unsaturated/α-hetero) is 3. The molecule has 2 amide bonds. The van der Waals surface area contributed by atoms with E-state index in [1.807, 2.05) is 20.8 Å². The van der Waals surface area contributed by atoms with E-state index in [2.05, 4.69) is 0 Å². The van der Waals surface area contributed by atoms with Crippen molar-refractivity contribution in [3.63, 3.8) is 0 Å². The maximum Gasteiger partial charge on any atom is 0.347 e. The summed E-state index contributed by atoms with van der Waals surface area (Å²) in [5.41, 5.74) is -0.618. The zero-order valence-corrected chi connectivity index (χ0v) is 24.7. The first-order valence-corrected chi connectivity index (χ1v) is 13.6. The zero-order valence-electron chi connectivity index (χ0n) is 24.7. The van der Waals surface area contributed by atoms with Crippen molar-refractivity contribution in [2.75, 3.05) is 21.1 Å². The lowest BCUT2D eigenvalue weighted by Gasteiger charge is -2.73. The topological polar surface area (TPSA) is 184 Å². The molecule has 1 aliphatic heterocycles. The van der Waals surface area contributed by atoms with Gasteiger partial charge in [0.15, 0.2) is 11.4 Å². The van der Waals surface area contributed by atoms with Crippen LogP contribution in [0.3, 0.4) is 0 Å². The highest BCUT2D eigenvalue weighted by atomic mass is 16.4. The smallest absolute Gasteiger partial charge is 0.347 e. The number of hydrogen-bond acceptors (Lipinski definition) is 9. The van der Waals surface area contributed by atoms with Crippen molar-refractivity contribution in [1.29, 1.82) is 0 Å². The van der Waals surface area contributed by atoms with Crippen LogP contribution >= 0.6 is 0 Å². The summed E-state index contributed by atoms with van der Waals surface area (Å²) >= 11 is 0. The molecular weight excluding hydrogens is 506 g/mol. The van der Waals surface area contributed by atoms with Gasteiger partial charge in [0.2, 0.25) is 17.5 Å². The second-order valence-electron chi connectivity index (χ2n) is 11.3. The fraction of sp³-hybridized carbons (Fsp3) is 0.778. The molecular formula is C27H47N5O7. The standard InChI is InChI=1S/C27H47N5O7/c1-9-18(5)15-21(35)25(16-19(33)12-14-23(37)30(6)7)26(28,20(34)13-11-17(3)4)32(22(36)10-2)27(25,24(38)39)31(8)29/h17-18H,9-16,28-29H2,1-8H3,(H,38,39). The first-order chi connectivity index (χ1) is 17.9. The van der Waals surface area contributed by atoms with Gasteiger partial charge in [0.1, 0.15) is 17.0 Å². The number of aliphatic carboxylic acids is 1. The predicted octanol–water partition coefficient (Wildman–Crippen LogP) is 1.30. The minimum absolute atomic E-state index is 0.0678. The minimum atomic E-state index is -2.60. The second-order valence-corrected chi connectivity index (χ2v) is 11.3. The van der Waals surface area contributed by atoms with Crippen molar-refractivity contribution in [2.45, 2.75) is 97.3 Å². The third-order valence-corrected chi connectivity index (χ3v) is 7.94. The molecule has 4 atom stereocenters. The van der Waals surface area contributed by atoms with Gasteiger partial charge in [-0.2, -0.15) is 0 Å². The van der Waals surface area contributed by atoms with Crippen LogP contribution in [0.15, 0.2) is 0 Å². The van der Waals surface area contributed by atoms with Crippen LogP contribution in [0.4, 0.5) is 0 Å². The fourth-order valence-electron chi connectivity index (χ4n) is 5.50. The third kappa shape index (κ3) is 5.78. The number of likely N-dealkylation sites (N-methyl/N-ethyl adjacent to an activating group) is 1. The average molecular weight is 554 g/mol. The summed E-state index contributed by atoms with van der Waals surface area (Å²) in [6, 6.07) is 0. The van der Waals surface area contributed by atoms with E-state index in [1.165, 1.54) is 33.0 Å². The van der Waals surface area contributed by atoms with Crippen LogP contribution in [0.1, 0.15) is 86.0 Å². The molecule has 12 heteroatoms. The Balaban J connectivity index is 4.03. The molecule has 4 unspecified atom stereocenters. The molecule has 0 bridgehead atoms. The van der Waals surface area contributed by atoms with Crippen molar-refractivity contribution < 1.29 is 33.9 Å². The summed E-state index contributed by atoms with van der Waals surface area (Å²) in [6.07, 6.45) is -0.888. The molecule has 0 saturated carbocycles. The maximum atomic E-state index is 14.3. The normalized spacial score (nSPS) is 25.3. The van der Waals surface area contributed by atoms with Crippen molar-refractivity contribution in [3.05, 3.63) is 0 Å². The Morgan fingerprint density at radius 3 is 1.90 bits per heavy atom. The Bertz CT molecular complexity index is 982. The molecule has 39 heavy (non-hydrogen) atoms. The average Bonchev–Trinajstić information content (AvgIpc) is 2.85. The molecule has 0 spiro atoms. The third-order valence-electron chi connectivity index (χ3n) is 7.94. The number of hydrogen-bond donors (Lipinski definition) is 3. The number of carbonyl (C=O) groups excluding carboxylic acids is 5. The molecule has 1 aliphatic rings. The van der Waals surface area contributed by atoms with Crippen molar-refractivity contribution >= 4 is 35.1 Å². The molecule has 5 N–H and O–H groups in total. The SMILES string of the molecule is CCC(=O)N1C(N)(C(=O)CCC(C)C)C(CC(=O)CCC(=O)N(C)C)(C(=O)CC(C)CC)C1(C(=O)O)N(C)N. The van der Waals surface area contributed by atoms with E-state index in [9.17, 15) is 33.9 Å². The van der Waals surface area contributed by atoms with Crippen LogP contribution in [0, 0.1) is 17.3 Å². The maximum absolute atomic E-state index is 14.3. The molecule has 1 saturated heterocycles. The number of ketones is 3. The molecule has 0 radical (unpaired) electrons. The van der Waals surface area contributed by atoms with Crippen LogP contribution in [-0.4, -0.2) is 87.5 Å². The van der Waals surface area contributed by atoms with Crippen LogP contribution in [-0.2, 0) is 28.8 Å². The van der Waals surface area contributed by atoms with Crippen LogP contribution < -0.4 is 11.6 Å². The van der Waals surface area contributed by atoms with Crippen LogP contribution in [0.25, 0.3) is 0 Å². The van der Waals surface area contributed by atoms with E-state index in [0.29, 0.717) is 22.8 Å². The largest absolute Gasteiger partial charge is 0.478 e. The van der Waals surface area contributed by atoms with Gasteiger partial charge in [-0.1, -0.05) is 41.0 Å². The highest BCUT2D eigenvalue weighted by Crippen LogP contribution is 2.62. The monoisotopic (exact) mass is 553 g/mol. The van der Waals surface area contributed by atoms with Gasteiger partial charge >= 0.3 is 5.97 Å². The number of hydrazine groups is 1. The van der Waals surface area contributed by atoms with Gasteiger partial charge < -0.3 is 15.7 Å². The number of rotatable bonds is 16. The van der Waals surface area contributed by atoms with Crippen molar-refractivity contribution in [3.8, 4) is 0 Å². The molecule has 1 rings (SSSR count). The van der Waals surface area contributed by atoms with Crippen LogP contribution in [0.5, 0.6) is 0 Å². The fourth-order valence-corrected chi connectivity index (χ4v) is 5.50. The Labute approximate surface area is 231 Å². The van der Waals surface area contributed by atoms with Gasteiger partial charge in [0.25, 0.3) is 0 Å². The lowest BCUT2D eigenvalue weighted by atomic mass is 9.48. The Kier molecular flexibility index (Phi) is 11.5. The Morgan fingerprint density at radius 1 is 0.923 bits per heavy atom. The number of carbonyl (C=O) groups is 6. The summed E-state index contributed by atoms with van der Waals surface area (Å²) in [4.78, 5) is 82.4. The summed E-state index contributed by atoms with van der Waals surface area (Å²) in [6.45, 7) is 8.87. The Hall–Kier alpha value is -2.70. The summed E-state index contributed by atoms with van der Waals surface area (Å²) in [5, 5.41) is 11.4. The van der Waals surface area contributed by atoms with Crippen molar-refractivity contribution in [1.82, 2.24) is 14.8 Å². The van der Waals surface area contributed by atoms with E-state index in [-0.39, 0.29) is 49.8 Å². The number of likely N-dealkylation sites (tertiary alicyclic amines) is 1. The van der Waals surface area contributed by atoms with E-state index in [4.69, 9.17) is 11.6 Å². The summed E-state index contributed by atoms with van der Waals surface area (Å²) < 4.78 is 0. The number of amides is 2. The van der Waals surface area contributed by atoms with E-state index in [1.54, 1.807) is 6.92 Å². The van der Waals surface area contributed by atoms with E-state index < -0.39 is 52.4 Å². The van der Waals surface area contributed by atoms with Crippen LogP contribution in [0.2, 0.25) is 0 Å². The predicted molar refractivity (Wildman–Crippen MR) is 145 cm³/mol. The molecule has 12 nitrogen and oxygen atoms in total.